The Bertz CT molecular complexity index is 431. The summed E-state index contributed by atoms with van der Waals surface area (Å²) in [6.45, 7) is 1.25. The Labute approximate surface area is 99.4 Å². The average Bonchev–Trinajstić information content (AvgIpc) is 2.16. The molecule has 0 N–H and O–H groups in total. The summed E-state index contributed by atoms with van der Waals surface area (Å²) in [6, 6.07) is 2.84. The van der Waals surface area contributed by atoms with Gasteiger partial charge >= 0.3 is 0 Å². The second-order valence-corrected chi connectivity index (χ2v) is 5.99. The van der Waals surface area contributed by atoms with E-state index < -0.39 is 9.05 Å². The molecule has 0 radical (unpaired) electrons. The maximum absolute atomic E-state index is 10.9. The third kappa shape index (κ3) is 4.34. The van der Waals surface area contributed by atoms with Crippen LogP contribution in [-0.4, -0.2) is 45.5 Å². The highest BCUT2D eigenvalue weighted by Crippen LogP contribution is 2.15. The van der Waals surface area contributed by atoms with Crippen molar-refractivity contribution in [1.82, 2.24) is 9.88 Å². The molecule has 0 spiro atoms. The van der Waals surface area contributed by atoms with Gasteiger partial charge in [-0.15, -0.1) is 0 Å². The predicted octanol–water partition coefficient (Wildman–Crippen LogP) is 0.950. The van der Waals surface area contributed by atoms with Crippen molar-refractivity contribution in [3.63, 3.8) is 0 Å². The molecule has 0 aliphatic carbocycles. The minimum absolute atomic E-state index is 0.0332. The average molecular weight is 265 g/mol. The van der Waals surface area contributed by atoms with Crippen molar-refractivity contribution in [1.29, 1.82) is 0 Å². The number of rotatable bonds is 5. The van der Waals surface area contributed by atoms with Crippen LogP contribution in [0.15, 0.2) is 23.2 Å². The quantitative estimate of drug-likeness (QED) is 0.741. The van der Waals surface area contributed by atoms with E-state index in [0.29, 0.717) is 12.5 Å². The van der Waals surface area contributed by atoms with Crippen molar-refractivity contribution in [2.24, 2.45) is 0 Å². The van der Waals surface area contributed by atoms with E-state index in [9.17, 15) is 8.42 Å². The van der Waals surface area contributed by atoms with Gasteiger partial charge < -0.3 is 9.64 Å². The Morgan fingerprint density at radius 2 is 2.12 bits per heavy atom. The molecule has 1 aromatic heterocycles. The van der Waals surface area contributed by atoms with Crippen LogP contribution in [0.4, 0.5) is 0 Å². The molecular formula is C9H13ClN2O3S. The van der Waals surface area contributed by atoms with E-state index in [1.807, 2.05) is 19.0 Å². The van der Waals surface area contributed by atoms with Crippen LogP contribution in [0.3, 0.4) is 0 Å². The van der Waals surface area contributed by atoms with Crippen LogP contribution >= 0.6 is 10.7 Å². The maximum Gasteiger partial charge on any atom is 0.262 e. The number of hydrogen-bond donors (Lipinski definition) is 0. The fourth-order valence-corrected chi connectivity index (χ4v) is 1.61. The first kappa shape index (κ1) is 13.2. The van der Waals surface area contributed by atoms with Crippen molar-refractivity contribution >= 4 is 19.7 Å². The van der Waals surface area contributed by atoms with Gasteiger partial charge in [-0.2, -0.15) is 0 Å². The van der Waals surface area contributed by atoms with E-state index in [-0.39, 0.29) is 4.90 Å². The molecule has 0 aliphatic heterocycles. The van der Waals surface area contributed by atoms with E-state index in [0.717, 1.165) is 6.54 Å². The minimum Gasteiger partial charge on any atom is -0.476 e. The van der Waals surface area contributed by atoms with Gasteiger partial charge in [0.2, 0.25) is 5.88 Å². The van der Waals surface area contributed by atoms with Crippen molar-refractivity contribution in [2.45, 2.75) is 4.90 Å². The van der Waals surface area contributed by atoms with Gasteiger partial charge in [-0.05, 0) is 20.2 Å². The van der Waals surface area contributed by atoms with Crippen molar-refractivity contribution in [3.05, 3.63) is 18.3 Å². The summed E-state index contributed by atoms with van der Waals surface area (Å²) in [5, 5.41) is 0. The molecule has 0 fully saturated rings. The fraction of sp³-hybridized carbons (Fsp3) is 0.444. The van der Waals surface area contributed by atoms with E-state index in [1.54, 1.807) is 0 Å². The van der Waals surface area contributed by atoms with E-state index >= 15 is 0 Å². The van der Waals surface area contributed by atoms with E-state index in [1.165, 1.54) is 18.3 Å². The lowest BCUT2D eigenvalue weighted by atomic mass is 10.5. The van der Waals surface area contributed by atoms with Gasteiger partial charge in [-0.1, -0.05) is 0 Å². The highest BCUT2D eigenvalue weighted by Gasteiger charge is 2.10. The first-order valence-corrected chi connectivity index (χ1v) is 6.89. The monoisotopic (exact) mass is 264 g/mol. The normalized spacial score (nSPS) is 11.8. The lowest BCUT2D eigenvalue weighted by Crippen LogP contribution is -2.19. The van der Waals surface area contributed by atoms with Crippen LogP contribution in [0.5, 0.6) is 5.88 Å². The molecule has 0 saturated heterocycles. The molecule has 1 aromatic rings. The lowest BCUT2D eigenvalue weighted by Gasteiger charge is -2.10. The van der Waals surface area contributed by atoms with Crippen molar-refractivity contribution < 1.29 is 13.2 Å². The van der Waals surface area contributed by atoms with Crippen molar-refractivity contribution in [2.75, 3.05) is 27.2 Å². The molecule has 1 rings (SSSR count). The summed E-state index contributed by atoms with van der Waals surface area (Å²) in [6.07, 6.45) is 1.17. The molecule has 0 amide bonds. The zero-order valence-electron chi connectivity index (χ0n) is 9.05. The zero-order chi connectivity index (χ0) is 12.2. The summed E-state index contributed by atoms with van der Waals surface area (Å²) >= 11 is 0. The molecule has 0 saturated carbocycles. The standard InChI is InChI=1S/C9H13ClN2O3S/c1-12(2)5-6-15-9-4-3-8(7-11-9)16(10,13)14/h3-4,7H,5-6H2,1-2H3. The van der Waals surface area contributed by atoms with Crippen LogP contribution < -0.4 is 4.74 Å². The number of ether oxygens (including phenoxy) is 1. The van der Waals surface area contributed by atoms with Gasteiger partial charge in [-0.25, -0.2) is 13.4 Å². The van der Waals surface area contributed by atoms with E-state index in [2.05, 4.69) is 4.98 Å². The summed E-state index contributed by atoms with van der Waals surface area (Å²) in [4.78, 5) is 5.77. The second-order valence-electron chi connectivity index (χ2n) is 3.42. The van der Waals surface area contributed by atoms with Crippen LogP contribution in [0, 0.1) is 0 Å². The van der Waals surface area contributed by atoms with Crippen molar-refractivity contribution in [3.8, 4) is 5.88 Å². The number of likely N-dealkylation sites (N-methyl/N-ethyl adjacent to an activating group) is 1. The minimum atomic E-state index is -3.71. The van der Waals surface area contributed by atoms with Gasteiger partial charge in [0.1, 0.15) is 11.5 Å². The molecule has 7 heteroatoms. The van der Waals surface area contributed by atoms with Crippen LogP contribution in [0.25, 0.3) is 0 Å². The molecule has 0 bridgehead atoms. The highest BCUT2D eigenvalue weighted by atomic mass is 35.7. The SMILES string of the molecule is CN(C)CCOc1ccc(S(=O)(=O)Cl)cn1. The van der Waals surface area contributed by atoms with Gasteiger partial charge in [-0.3, -0.25) is 0 Å². The van der Waals surface area contributed by atoms with Gasteiger partial charge in [0.05, 0.1) is 6.20 Å². The maximum atomic E-state index is 10.9. The second kappa shape index (κ2) is 5.47. The number of pyridine rings is 1. The first-order chi connectivity index (χ1) is 7.39. The summed E-state index contributed by atoms with van der Waals surface area (Å²) in [5.41, 5.74) is 0. The number of halogens is 1. The third-order valence-corrected chi connectivity index (χ3v) is 3.12. The molecule has 0 atom stereocenters. The molecule has 0 aromatic carbocycles. The van der Waals surface area contributed by atoms with Crippen LogP contribution in [-0.2, 0) is 9.05 Å². The summed E-state index contributed by atoms with van der Waals surface area (Å²) < 4.78 is 27.1. The zero-order valence-corrected chi connectivity index (χ0v) is 10.6. The Kier molecular flexibility index (Phi) is 4.52. The molecule has 16 heavy (non-hydrogen) atoms. The Balaban J connectivity index is 2.59. The fourth-order valence-electron chi connectivity index (χ4n) is 0.929. The third-order valence-electron chi connectivity index (χ3n) is 1.78. The Morgan fingerprint density at radius 1 is 1.44 bits per heavy atom. The topological polar surface area (TPSA) is 59.5 Å². The summed E-state index contributed by atoms with van der Waals surface area (Å²) in [7, 11) is 5.29. The van der Waals surface area contributed by atoms with Gasteiger partial charge in [0, 0.05) is 23.3 Å². The van der Waals surface area contributed by atoms with Gasteiger partial charge in [0.15, 0.2) is 0 Å². The van der Waals surface area contributed by atoms with E-state index in [4.69, 9.17) is 15.4 Å². The Hall–Kier alpha value is -0.850. The summed E-state index contributed by atoms with van der Waals surface area (Å²) in [5.74, 6) is 0.380. The first-order valence-electron chi connectivity index (χ1n) is 4.58. The van der Waals surface area contributed by atoms with Crippen LogP contribution in [0.2, 0.25) is 0 Å². The Morgan fingerprint density at radius 3 is 2.56 bits per heavy atom. The number of hydrogen-bond acceptors (Lipinski definition) is 5. The molecule has 5 nitrogen and oxygen atoms in total. The smallest absolute Gasteiger partial charge is 0.262 e. The molecule has 0 aliphatic rings. The van der Waals surface area contributed by atoms with Gasteiger partial charge in [0.25, 0.3) is 9.05 Å². The molecule has 90 valence electrons. The molecular weight excluding hydrogens is 252 g/mol. The molecule has 0 unspecified atom stereocenters. The number of aromatic nitrogens is 1. The van der Waals surface area contributed by atoms with Crippen LogP contribution in [0.1, 0.15) is 0 Å². The largest absolute Gasteiger partial charge is 0.476 e. The number of nitrogens with zero attached hydrogens (tertiary/aromatic N) is 2. The predicted molar refractivity (Wildman–Crippen MR) is 61.3 cm³/mol. The molecule has 1 heterocycles. The lowest BCUT2D eigenvalue weighted by molar-refractivity contribution is 0.253. The highest BCUT2D eigenvalue weighted by molar-refractivity contribution is 8.13.